The van der Waals surface area contributed by atoms with Crippen LogP contribution < -0.4 is 5.32 Å². The third-order valence-corrected chi connectivity index (χ3v) is 3.41. The smallest absolute Gasteiger partial charge is 0.239 e. The van der Waals surface area contributed by atoms with Gasteiger partial charge in [0.15, 0.2) is 0 Å². The lowest BCUT2D eigenvalue weighted by Gasteiger charge is -2.21. The van der Waals surface area contributed by atoms with E-state index in [1.807, 2.05) is 6.07 Å². The first kappa shape index (κ1) is 13.0. The van der Waals surface area contributed by atoms with Crippen molar-refractivity contribution in [3.63, 3.8) is 0 Å². The highest BCUT2D eigenvalue weighted by Crippen LogP contribution is 2.10. The zero-order valence-electron chi connectivity index (χ0n) is 10.7. The van der Waals surface area contributed by atoms with Gasteiger partial charge in [0.05, 0.1) is 6.04 Å². The van der Waals surface area contributed by atoms with Crippen LogP contribution in [0.4, 0.5) is 4.39 Å². The average Bonchev–Trinajstić information content (AvgIpc) is 2.90. The fourth-order valence-electron chi connectivity index (χ4n) is 2.26. The summed E-state index contributed by atoms with van der Waals surface area (Å²) in [6.45, 7) is 1.47. The highest BCUT2D eigenvalue weighted by Gasteiger charge is 2.24. The van der Waals surface area contributed by atoms with E-state index in [1.54, 1.807) is 24.1 Å². The maximum atomic E-state index is 13.4. The van der Waals surface area contributed by atoms with Gasteiger partial charge in [0.2, 0.25) is 5.91 Å². The molecule has 4 heteroatoms. The molecule has 3 nitrogen and oxygen atoms in total. The molecule has 1 aromatic carbocycles. The summed E-state index contributed by atoms with van der Waals surface area (Å²) in [5, 5.41) is 3.18. The number of halogens is 1. The van der Waals surface area contributed by atoms with E-state index in [-0.39, 0.29) is 17.8 Å². The van der Waals surface area contributed by atoms with Crippen LogP contribution in [0, 0.1) is 5.82 Å². The van der Waals surface area contributed by atoms with Crippen molar-refractivity contribution in [1.82, 2.24) is 10.2 Å². The van der Waals surface area contributed by atoms with E-state index >= 15 is 0 Å². The summed E-state index contributed by atoms with van der Waals surface area (Å²) < 4.78 is 13.4. The highest BCUT2D eigenvalue weighted by molar-refractivity contribution is 5.81. The fraction of sp³-hybridized carbons (Fsp3) is 0.500. The van der Waals surface area contributed by atoms with Gasteiger partial charge in [0, 0.05) is 13.6 Å². The van der Waals surface area contributed by atoms with Crippen molar-refractivity contribution in [2.24, 2.45) is 0 Å². The Bertz CT molecular complexity index is 416. The van der Waals surface area contributed by atoms with Gasteiger partial charge in [-0.05, 0) is 37.4 Å². The predicted octanol–water partition coefficient (Wildman–Crippen LogP) is 1.58. The summed E-state index contributed by atoms with van der Waals surface area (Å²) in [5.74, 6) is -0.0822. The van der Waals surface area contributed by atoms with Crippen LogP contribution in [0.3, 0.4) is 0 Å². The minimum Gasteiger partial charge on any atom is -0.344 e. The molecule has 98 valence electrons. The van der Waals surface area contributed by atoms with E-state index in [0.717, 1.165) is 19.4 Å². The Kier molecular flexibility index (Phi) is 4.31. The van der Waals surface area contributed by atoms with Gasteiger partial charge in [-0.3, -0.25) is 4.79 Å². The summed E-state index contributed by atoms with van der Waals surface area (Å²) in [4.78, 5) is 13.7. The van der Waals surface area contributed by atoms with Crippen LogP contribution in [-0.4, -0.2) is 37.0 Å². The second kappa shape index (κ2) is 5.96. The molecule has 0 unspecified atom stereocenters. The third kappa shape index (κ3) is 3.07. The Morgan fingerprint density at radius 1 is 1.50 bits per heavy atom. The number of benzene rings is 1. The Morgan fingerprint density at radius 2 is 2.28 bits per heavy atom. The van der Waals surface area contributed by atoms with Gasteiger partial charge in [0.25, 0.3) is 0 Å². The van der Waals surface area contributed by atoms with Crippen LogP contribution in [0.15, 0.2) is 24.3 Å². The van der Waals surface area contributed by atoms with Crippen LogP contribution in [-0.2, 0) is 11.2 Å². The molecule has 1 amide bonds. The van der Waals surface area contributed by atoms with E-state index in [1.165, 1.54) is 6.07 Å². The van der Waals surface area contributed by atoms with Crippen molar-refractivity contribution in [3.05, 3.63) is 35.6 Å². The molecule has 0 bridgehead atoms. The molecular formula is C14H19FN2O. The minimum atomic E-state index is -0.197. The number of likely N-dealkylation sites (N-methyl/N-ethyl adjacent to an activating group) is 1. The predicted molar refractivity (Wildman–Crippen MR) is 68.8 cm³/mol. The Hall–Kier alpha value is -1.42. The van der Waals surface area contributed by atoms with E-state index in [2.05, 4.69) is 5.32 Å². The second-order valence-corrected chi connectivity index (χ2v) is 4.75. The number of hydrogen-bond donors (Lipinski definition) is 1. The molecule has 1 atom stereocenters. The third-order valence-electron chi connectivity index (χ3n) is 3.41. The van der Waals surface area contributed by atoms with E-state index < -0.39 is 0 Å². The van der Waals surface area contributed by atoms with E-state index in [4.69, 9.17) is 0 Å². The van der Waals surface area contributed by atoms with E-state index in [0.29, 0.717) is 18.5 Å². The topological polar surface area (TPSA) is 32.3 Å². The molecule has 18 heavy (non-hydrogen) atoms. The number of carbonyl (C=O) groups excluding carboxylic acids is 1. The first-order valence-electron chi connectivity index (χ1n) is 6.40. The molecule has 0 saturated carbocycles. The fourth-order valence-corrected chi connectivity index (χ4v) is 2.26. The minimum absolute atomic E-state index is 0.0457. The van der Waals surface area contributed by atoms with Crippen LogP contribution in [0.5, 0.6) is 0 Å². The standard InChI is InChI=1S/C14H19FN2O/c1-17(14(18)13-7-4-9-16-13)10-8-11-5-2-3-6-12(11)15/h2-3,5-6,13,16H,4,7-10H2,1H3/t13-/m0/s1. The zero-order valence-corrected chi connectivity index (χ0v) is 10.7. The van der Waals surface area contributed by atoms with Gasteiger partial charge < -0.3 is 10.2 Å². The lowest BCUT2D eigenvalue weighted by molar-refractivity contribution is -0.131. The quantitative estimate of drug-likeness (QED) is 0.880. The Morgan fingerprint density at radius 3 is 2.94 bits per heavy atom. The maximum absolute atomic E-state index is 13.4. The molecule has 0 aromatic heterocycles. The largest absolute Gasteiger partial charge is 0.344 e. The number of nitrogens with zero attached hydrogens (tertiary/aromatic N) is 1. The van der Waals surface area contributed by atoms with Crippen LogP contribution in [0.2, 0.25) is 0 Å². The summed E-state index contributed by atoms with van der Waals surface area (Å²) >= 11 is 0. The van der Waals surface area contributed by atoms with Gasteiger partial charge in [0.1, 0.15) is 5.82 Å². The molecule has 1 aliphatic rings. The van der Waals surface area contributed by atoms with Crippen molar-refractivity contribution in [2.45, 2.75) is 25.3 Å². The van der Waals surface area contributed by atoms with Gasteiger partial charge >= 0.3 is 0 Å². The summed E-state index contributed by atoms with van der Waals surface area (Å²) in [6, 6.07) is 6.67. The van der Waals surface area contributed by atoms with Gasteiger partial charge in [-0.1, -0.05) is 18.2 Å². The molecule has 0 radical (unpaired) electrons. The van der Waals surface area contributed by atoms with Crippen molar-refractivity contribution in [3.8, 4) is 0 Å². The molecule has 1 fully saturated rings. The molecule has 0 spiro atoms. The highest BCUT2D eigenvalue weighted by atomic mass is 19.1. The van der Waals surface area contributed by atoms with E-state index in [9.17, 15) is 9.18 Å². The summed E-state index contributed by atoms with van der Waals surface area (Å²) in [5.41, 5.74) is 0.663. The van der Waals surface area contributed by atoms with Crippen molar-refractivity contribution < 1.29 is 9.18 Å². The maximum Gasteiger partial charge on any atom is 0.239 e. The Labute approximate surface area is 107 Å². The number of carbonyl (C=O) groups is 1. The first-order chi connectivity index (χ1) is 8.68. The van der Waals surface area contributed by atoms with Gasteiger partial charge in [-0.15, -0.1) is 0 Å². The number of amides is 1. The zero-order chi connectivity index (χ0) is 13.0. The molecule has 1 saturated heterocycles. The summed E-state index contributed by atoms with van der Waals surface area (Å²) in [7, 11) is 1.78. The monoisotopic (exact) mass is 250 g/mol. The summed E-state index contributed by atoms with van der Waals surface area (Å²) in [6.07, 6.45) is 2.52. The molecule has 0 aliphatic carbocycles. The van der Waals surface area contributed by atoms with Crippen molar-refractivity contribution >= 4 is 5.91 Å². The molecular weight excluding hydrogens is 231 g/mol. The lowest BCUT2D eigenvalue weighted by Crippen LogP contribution is -2.42. The number of rotatable bonds is 4. The number of nitrogens with one attached hydrogen (secondary N) is 1. The SMILES string of the molecule is CN(CCc1ccccc1F)C(=O)[C@@H]1CCCN1. The number of hydrogen-bond acceptors (Lipinski definition) is 2. The first-order valence-corrected chi connectivity index (χ1v) is 6.40. The van der Waals surface area contributed by atoms with Crippen LogP contribution in [0.1, 0.15) is 18.4 Å². The van der Waals surface area contributed by atoms with Gasteiger partial charge in [-0.2, -0.15) is 0 Å². The lowest BCUT2D eigenvalue weighted by atomic mass is 10.1. The molecule has 2 rings (SSSR count). The molecule has 1 aliphatic heterocycles. The van der Waals surface area contributed by atoms with Crippen LogP contribution >= 0.6 is 0 Å². The van der Waals surface area contributed by atoms with Crippen molar-refractivity contribution in [1.29, 1.82) is 0 Å². The Balaban J connectivity index is 1.86. The second-order valence-electron chi connectivity index (χ2n) is 4.75. The average molecular weight is 250 g/mol. The normalized spacial score (nSPS) is 18.9. The molecule has 1 heterocycles. The van der Waals surface area contributed by atoms with Crippen LogP contribution in [0.25, 0.3) is 0 Å². The molecule has 1 aromatic rings. The van der Waals surface area contributed by atoms with Crippen molar-refractivity contribution in [2.75, 3.05) is 20.1 Å². The molecule has 1 N–H and O–H groups in total. The van der Waals surface area contributed by atoms with Gasteiger partial charge in [-0.25, -0.2) is 4.39 Å².